The lowest BCUT2D eigenvalue weighted by atomic mass is 10.2. The minimum atomic E-state index is -0.411. The summed E-state index contributed by atoms with van der Waals surface area (Å²) in [5.74, 6) is 0.0671. The van der Waals surface area contributed by atoms with E-state index in [1.54, 1.807) is 11.0 Å². The van der Waals surface area contributed by atoms with E-state index in [1.807, 2.05) is 19.9 Å². The number of hydrogen-bond donors (Lipinski definition) is 0. The predicted molar refractivity (Wildman–Crippen MR) is 39.8 cm³/mol. The second-order valence-electron chi connectivity index (χ2n) is 3.39. The summed E-state index contributed by atoms with van der Waals surface area (Å²) in [4.78, 5) is 13.0. The van der Waals surface area contributed by atoms with Crippen LogP contribution in [0.25, 0.3) is 0 Å². The van der Waals surface area contributed by atoms with Crippen LogP contribution in [0.5, 0.6) is 0 Å². The average molecular weight is 153 g/mol. The van der Waals surface area contributed by atoms with Crippen molar-refractivity contribution in [3.8, 4) is 0 Å². The molecule has 0 aromatic rings. The zero-order chi connectivity index (χ0) is 8.06. The largest absolute Gasteiger partial charge is 0.354 e. The fourth-order valence-electron chi connectivity index (χ4n) is 1.68. The molecule has 3 nitrogen and oxygen atoms in total. The molecule has 0 N–H and O–H groups in total. The van der Waals surface area contributed by atoms with Crippen molar-refractivity contribution in [1.82, 2.24) is 4.90 Å². The van der Waals surface area contributed by atoms with Crippen LogP contribution in [-0.2, 0) is 9.53 Å². The molecule has 0 aromatic heterocycles. The Morgan fingerprint density at radius 2 is 2.45 bits per heavy atom. The van der Waals surface area contributed by atoms with E-state index in [0.29, 0.717) is 6.61 Å². The van der Waals surface area contributed by atoms with Crippen LogP contribution in [0.4, 0.5) is 0 Å². The van der Waals surface area contributed by atoms with E-state index < -0.39 is 5.72 Å². The highest BCUT2D eigenvalue weighted by atomic mass is 16.5. The van der Waals surface area contributed by atoms with E-state index in [1.165, 1.54) is 0 Å². The summed E-state index contributed by atoms with van der Waals surface area (Å²) in [6.07, 6.45) is 3.52. The Bertz CT molecular complexity index is 232. The molecule has 60 valence electrons. The van der Waals surface area contributed by atoms with Gasteiger partial charge in [0, 0.05) is 6.08 Å². The van der Waals surface area contributed by atoms with E-state index in [-0.39, 0.29) is 11.9 Å². The first-order valence-corrected chi connectivity index (χ1v) is 3.77. The number of hydrogen-bond acceptors (Lipinski definition) is 2. The maximum Gasteiger partial charge on any atom is 0.249 e. The van der Waals surface area contributed by atoms with E-state index in [9.17, 15) is 4.79 Å². The lowest BCUT2D eigenvalue weighted by Crippen LogP contribution is -2.43. The molecule has 11 heavy (non-hydrogen) atoms. The van der Waals surface area contributed by atoms with Crippen LogP contribution in [0.1, 0.15) is 13.8 Å². The van der Waals surface area contributed by atoms with Crippen molar-refractivity contribution in [2.24, 2.45) is 0 Å². The van der Waals surface area contributed by atoms with Gasteiger partial charge in [-0.1, -0.05) is 6.08 Å². The molecule has 0 unspecified atom stereocenters. The molecule has 1 amide bonds. The summed E-state index contributed by atoms with van der Waals surface area (Å²) in [5.41, 5.74) is -0.411. The lowest BCUT2D eigenvalue weighted by molar-refractivity contribution is -0.138. The van der Waals surface area contributed by atoms with Gasteiger partial charge in [0.15, 0.2) is 0 Å². The molecular formula is C8H11NO2. The van der Waals surface area contributed by atoms with Gasteiger partial charge >= 0.3 is 0 Å². The van der Waals surface area contributed by atoms with Crippen molar-refractivity contribution in [3.63, 3.8) is 0 Å². The summed E-state index contributed by atoms with van der Waals surface area (Å²) in [5, 5.41) is 0. The number of amides is 1. The second-order valence-corrected chi connectivity index (χ2v) is 3.39. The van der Waals surface area contributed by atoms with E-state index in [0.717, 1.165) is 0 Å². The third-order valence-electron chi connectivity index (χ3n) is 2.22. The highest BCUT2D eigenvalue weighted by Crippen LogP contribution is 2.30. The molecular weight excluding hydrogens is 142 g/mol. The predicted octanol–water partition coefficient (Wildman–Crippen LogP) is 0.520. The van der Waals surface area contributed by atoms with Gasteiger partial charge in [-0.25, -0.2) is 0 Å². The zero-order valence-corrected chi connectivity index (χ0v) is 6.70. The van der Waals surface area contributed by atoms with E-state index in [2.05, 4.69) is 0 Å². The summed E-state index contributed by atoms with van der Waals surface area (Å²) in [6, 6.07) is 0.178. The molecule has 1 fully saturated rings. The Morgan fingerprint density at radius 3 is 3.09 bits per heavy atom. The van der Waals surface area contributed by atoms with Gasteiger partial charge in [-0.3, -0.25) is 4.79 Å². The Kier molecular flexibility index (Phi) is 1.16. The molecule has 0 bridgehead atoms. The van der Waals surface area contributed by atoms with Gasteiger partial charge in [0.2, 0.25) is 5.91 Å². The number of fused-ring (bicyclic) bond motifs is 1. The van der Waals surface area contributed by atoms with Gasteiger partial charge in [-0.15, -0.1) is 0 Å². The first-order chi connectivity index (χ1) is 5.11. The fourth-order valence-corrected chi connectivity index (χ4v) is 1.68. The van der Waals surface area contributed by atoms with Crippen molar-refractivity contribution in [1.29, 1.82) is 0 Å². The van der Waals surface area contributed by atoms with Gasteiger partial charge in [-0.2, -0.15) is 0 Å². The van der Waals surface area contributed by atoms with Crippen LogP contribution >= 0.6 is 0 Å². The first kappa shape index (κ1) is 6.85. The lowest BCUT2D eigenvalue weighted by Gasteiger charge is -2.28. The van der Waals surface area contributed by atoms with Crippen LogP contribution in [0.2, 0.25) is 0 Å². The molecule has 2 aliphatic rings. The van der Waals surface area contributed by atoms with Crippen molar-refractivity contribution >= 4 is 5.91 Å². The van der Waals surface area contributed by atoms with Crippen molar-refractivity contribution in [2.45, 2.75) is 25.6 Å². The van der Waals surface area contributed by atoms with Crippen LogP contribution in [0.15, 0.2) is 12.2 Å². The molecule has 2 aliphatic heterocycles. The molecule has 1 saturated heterocycles. The topological polar surface area (TPSA) is 29.5 Å². The molecule has 2 heterocycles. The monoisotopic (exact) mass is 153 g/mol. The molecule has 2 rings (SSSR count). The van der Waals surface area contributed by atoms with Gasteiger partial charge in [0.1, 0.15) is 5.72 Å². The summed E-state index contributed by atoms with van der Waals surface area (Å²) < 4.78 is 5.43. The molecule has 1 atom stereocenters. The Balaban J connectivity index is 2.32. The minimum absolute atomic E-state index is 0.0671. The third kappa shape index (κ3) is 0.807. The minimum Gasteiger partial charge on any atom is -0.354 e. The summed E-state index contributed by atoms with van der Waals surface area (Å²) >= 11 is 0. The number of nitrogens with zero attached hydrogens (tertiary/aromatic N) is 1. The molecule has 0 spiro atoms. The normalized spacial score (nSPS) is 33.1. The smallest absolute Gasteiger partial charge is 0.249 e. The molecule has 0 aliphatic carbocycles. The Hall–Kier alpha value is -0.830. The standard InChI is InChI=1S/C8H11NO2/c1-8(2)9-6(5-11-8)3-4-7(9)10/h3-4,6H,5H2,1-2H3/t6-/m0/s1. The molecule has 0 saturated carbocycles. The first-order valence-electron chi connectivity index (χ1n) is 3.77. The third-order valence-corrected chi connectivity index (χ3v) is 2.22. The van der Waals surface area contributed by atoms with Gasteiger partial charge in [0.25, 0.3) is 0 Å². The van der Waals surface area contributed by atoms with Gasteiger partial charge in [-0.05, 0) is 13.8 Å². The van der Waals surface area contributed by atoms with Crippen molar-refractivity contribution < 1.29 is 9.53 Å². The second kappa shape index (κ2) is 1.85. The van der Waals surface area contributed by atoms with Crippen molar-refractivity contribution in [3.05, 3.63) is 12.2 Å². The van der Waals surface area contributed by atoms with Crippen LogP contribution in [-0.4, -0.2) is 29.2 Å². The highest BCUT2D eigenvalue weighted by Gasteiger charge is 2.44. The Labute approximate surface area is 65.6 Å². The molecule has 0 radical (unpaired) electrons. The number of carbonyl (C=O) groups is 1. The van der Waals surface area contributed by atoms with E-state index >= 15 is 0 Å². The van der Waals surface area contributed by atoms with Crippen LogP contribution in [0.3, 0.4) is 0 Å². The van der Waals surface area contributed by atoms with Gasteiger partial charge in [0.05, 0.1) is 12.6 Å². The van der Waals surface area contributed by atoms with Crippen LogP contribution < -0.4 is 0 Å². The number of carbonyl (C=O) groups excluding carboxylic acids is 1. The zero-order valence-electron chi connectivity index (χ0n) is 6.70. The molecule has 0 aromatic carbocycles. The summed E-state index contributed by atoms with van der Waals surface area (Å²) in [7, 11) is 0. The summed E-state index contributed by atoms with van der Waals surface area (Å²) in [6.45, 7) is 4.46. The number of rotatable bonds is 0. The average Bonchev–Trinajstić information content (AvgIpc) is 2.38. The fraction of sp³-hybridized carbons (Fsp3) is 0.625. The van der Waals surface area contributed by atoms with E-state index in [4.69, 9.17) is 4.74 Å². The molecule has 3 heteroatoms. The number of ether oxygens (including phenoxy) is 1. The SMILES string of the molecule is CC1(C)OC[C@@H]2C=CC(=O)N21. The quantitative estimate of drug-likeness (QED) is 0.507. The van der Waals surface area contributed by atoms with Gasteiger partial charge < -0.3 is 9.64 Å². The highest BCUT2D eigenvalue weighted by molar-refractivity contribution is 5.91. The van der Waals surface area contributed by atoms with Crippen molar-refractivity contribution in [2.75, 3.05) is 6.61 Å². The maximum atomic E-state index is 11.2. The maximum absolute atomic E-state index is 11.2. The van der Waals surface area contributed by atoms with Crippen LogP contribution in [0, 0.1) is 0 Å². The Morgan fingerprint density at radius 1 is 1.73 bits per heavy atom.